The highest BCUT2D eigenvalue weighted by Gasteiger charge is 2.37. The number of hydrogen-bond acceptors (Lipinski definition) is 4. The van der Waals surface area contributed by atoms with Gasteiger partial charge in [-0.05, 0) is 37.0 Å². The third-order valence-electron chi connectivity index (χ3n) is 4.18. The van der Waals surface area contributed by atoms with E-state index in [2.05, 4.69) is 15.4 Å². The number of benzene rings is 1. The van der Waals surface area contributed by atoms with Crippen LogP contribution in [0.2, 0.25) is 0 Å². The zero-order chi connectivity index (χ0) is 17.6. The molecule has 24 heavy (non-hydrogen) atoms. The molecule has 1 aromatic carbocycles. The highest BCUT2D eigenvalue weighted by molar-refractivity contribution is 5.82. The molecule has 0 bridgehead atoms. The van der Waals surface area contributed by atoms with Crippen LogP contribution < -0.4 is 10.6 Å². The van der Waals surface area contributed by atoms with E-state index in [0.29, 0.717) is 25.7 Å². The fraction of sp³-hybridized carbons (Fsp3) is 0.471. The van der Waals surface area contributed by atoms with Crippen molar-refractivity contribution < 1.29 is 23.5 Å². The zero-order valence-electron chi connectivity index (χ0n) is 13.6. The highest BCUT2D eigenvalue weighted by Crippen LogP contribution is 2.29. The standard InChI is InChI=1S/C17H21FN2O4/c1-24-16(23)11-19-14(21)6-8-17(9-7-15(22)20-17)10-12-2-4-13(18)5-3-12/h2-5H,6-11H2,1H3,(H,19,21)(H,20,22)/t17-/m0/s1. The Morgan fingerprint density at radius 1 is 1.33 bits per heavy atom. The Bertz CT molecular complexity index is 618. The highest BCUT2D eigenvalue weighted by atomic mass is 19.1. The summed E-state index contributed by atoms with van der Waals surface area (Å²) in [5, 5.41) is 5.44. The molecule has 1 atom stereocenters. The van der Waals surface area contributed by atoms with Gasteiger partial charge in [-0.3, -0.25) is 14.4 Å². The van der Waals surface area contributed by atoms with E-state index in [4.69, 9.17) is 0 Å². The molecule has 0 unspecified atom stereocenters. The molecule has 0 aliphatic carbocycles. The normalized spacial score (nSPS) is 19.7. The minimum absolute atomic E-state index is 0.0490. The van der Waals surface area contributed by atoms with Crippen molar-refractivity contribution in [3.8, 4) is 0 Å². The Kier molecular flexibility index (Phi) is 5.89. The van der Waals surface area contributed by atoms with E-state index in [-0.39, 0.29) is 30.6 Å². The molecule has 2 amide bonds. The number of nitrogens with one attached hydrogen (secondary N) is 2. The number of ether oxygens (including phenoxy) is 1. The van der Waals surface area contributed by atoms with Gasteiger partial charge in [0.1, 0.15) is 12.4 Å². The van der Waals surface area contributed by atoms with Crippen LogP contribution in [0.4, 0.5) is 4.39 Å². The van der Waals surface area contributed by atoms with Gasteiger partial charge in [-0.25, -0.2) is 4.39 Å². The number of carbonyl (C=O) groups is 3. The van der Waals surface area contributed by atoms with Crippen molar-refractivity contribution >= 4 is 17.8 Å². The van der Waals surface area contributed by atoms with Gasteiger partial charge in [-0.2, -0.15) is 0 Å². The van der Waals surface area contributed by atoms with Gasteiger partial charge in [0, 0.05) is 18.4 Å². The maximum Gasteiger partial charge on any atom is 0.325 e. The molecule has 6 nitrogen and oxygen atoms in total. The lowest BCUT2D eigenvalue weighted by Gasteiger charge is -2.29. The van der Waals surface area contributed by atoms with Crippen LogP contribution >= 0.6 is 0 Å². The number of amides is 2. The molecular weight excluding hydrogens is 315 g/mol. The Morgan fingerprint density at radius 3 is 2.62 bits per heavy atom. The first kappa shape index (κ1) is 17.9. The number of carbonyl (C=O) groups excluding carboxylic acids is 3. The summed E-state index contributed by atoms with van der Waals surface area (Å²) in [5.41, 5.74) is 0.380. The van der Waals surface area contributed by atoms with Gasteiger partial charge in [0.05, 0.1) is 7.11 Å². The summed E-state index contributed by atoms with van der Waals surface area (Å²) in [6.07, 6.45) is 2.18. The maximum absolute atomic E-state index is 13.0. The van der Waals surface area contributed by atoms with Crippen molar-refractivity contribution in [1.82, 2.24) is 10.6 Å². The SMILES string of the molecule is COC(=O)CNC(=O)CC[C@@]1(Cc2ccc(F)cc2)CCC(=O)N1. The van der Waals surface area contributed by atoms with Crippen LogP contribution in [0.15, 0.2) is 24.3 Å². The fourth-order valence-corrected chi connectivity index (χ4v) is 2.86. The summed E-state index contributed by atoms with van der Waals surface area (Å²) in [4.78, 5) is 34.6. The number of rotatable bonds is 7. The van der Waals surface area contributed by atoms with E-state index in [1.807, 2.05) is 0 Å². The molecule has 1 saturated heterocycles. The first-order valence-electron chi connectivity index (χ1n) is 7.81. The average molecular weight is 336 g/mol. The molecular formula is C17H21FN2O4. The molecule has 0 aromatic heterocycles. The molecule has 1 aliphatic heterocycles. The number of esters is 1. The minimum Gasteiger partial charge on any atom is -0.468 e. The molecule has 1 fully saturated rings. The second-order valence-electron chi connectivity index (χ2n) is 5.98. The molecule has 2 rings (SSSR count). The lowest BCUT2D eigenvalue weighted by Crippen LogP contribution is -2.44. The molecule has 130 valence electrons. The number of hydrogen-bond donors (Lipinski definition) is 2. The van der Waals surface area contributed by atoms with E-state index in [1.54, 1.807) is 12.1 Å². The summed E-state index contributed by atoms with van der Waals surface area (Å²) in [5.74, 6) is -1.16. The third kappa shape index (κ3) is 5.04. The molecule has 0 spiro atoms. The van der Waals surface area contributed by atoms with Gasteiger partial charge < -0.3 is 15.4 Å². The van der Waals surface area contributed by atoms with Crippen LogP contribution in [0.3, 0.4) is 0 Å². The number of halogens is 1. The first-order chi connectivity index (χ1) is 11.4. The van der Waals surface area contributed by atoms with Crippen molar-refractivity contribution in [3.63, 3.8) is 0 Å². The second-order valence-corrected chi connectivity index (χ2v) is 5.98. The smallest absolute Gasteiger partial charge is 0.325 e. The summed E-state index contributed by atoms with van der Waals surface area (Å²) in [6, 6.07) is 6.11. The quantitative estimate of drug-likeness (QED) is 0.730. The zero-order valence-corrected chi connectivity index (χ0v) is 13.6. The van der Waals surface area contributed by atoms with Gasteiger partial charge in [0.15, 0.2) is 0 Å². The first-order valence-corrected chi connectivity index (χ1v) is 7.81. The maximum atomic E-state index is 13.0. The minimum atomic E-state index is -0.516. The van der Waals surface area contributed by atoms with Crippen molar-refractivity contribution in [1.29, 1.82) is 0 Å². The average Bonchev–Trinajstić information content (AvgIpc) is 2.94. The molecule has 7 heteroatoms. The molecule has 1 aromatic rings. The van der Waals surface area contributed by atoms with Crippen molar-refractivity contribution in [3.05, 3.63) is 35.6 Å². The third-order valence-corrected chi connectivity index (χ3v) is 4.18. The van der Waals surface area contributed by atoms with Gasteiger partial charge in [0.25, 0.3) is 0 Å². The molecule has 0 saturated carbocycles. The molecule has 2 N–H and O–H groups in total. The van der Waals surface area contributed by atoms with Crippen LogP contribution in [0.25, 0.3) is 0 Å². The molecule has 0 radical (unpaired) electrons. The summed E-state index contributed by atoms with van der Waals surface area (Å²) in [7, 11) is 1.25. The Morgan fingerprint density at radius 2 is 2.04 bits per heavy atom. The van der Waals surface area contributed by atoms with Gasteiger partial charge in [-0.1, -0.05) is 12.1 Å². The van der Waals surface area contributed by atoms with E-state index in [1.165, 1.54) is 19.2 Å². The van der Waals surface area contributed by atoms with Crippen LogP contribution in [-0.4, -0.2) is 37.0 Å². The fourth-order valence-electron chi connectivity index (χ4n) is 2.86. The van der Waals surface area contributed by atoms with Gasteiger partial charge in [-0.15, -0.1) is 0 Å². The summed E-state index contributed by atoms with van der Waals surface area (Å²) >= 11 is 0. The van der Waals surface area contributed by atoms with E-state index >= 15 is 0 Å². The monoisotopic (exact) mass is 336 g/mol. The Hall–Kier alpha value is -2.44. The predicted molar refractivity (Wildman–Crippen MR) is 84.5 cm³/mol. The van der Waals surface area contributed by atoms with Crippen LogP contribution in [0.1, 0.15) is 31.2 Å². The van der Waals surface area contributed by atoms with Crippen LogP contribution in [-0.2, 0) is 25.5 Å². The molecule has 1 aliphatic rings. The van der Waals surface area contributed by atoms with Crippen LogP contribution in [0.5, 0.6) is 0 Å². The van der Waals surface area contributed by atoms with E-state index < -0.39 is 11.5 Å². The lowest BCUT2D eigenvalue weighted by molar-refractivity contribution is -0.141. The summed E-state index contributed by atoms with van der Waals surface area (Å²) < 4.78 is 17.5. The van der Waals surface area contributed by atoms with E-state index in [0.717, 1.165) is 5.56 Å². The number of methoxy groups -OCH3 is 1. The largest absolute Gasteiger partial charge is 0.468 e. The lowest BCUT2D eigenvalue weighted by atomic mass is 9.85. The van der Waals surface area contributed by atoms with Gasteiger partial charge >= 0.3 is 5.97 Å². The van der Waals surface area contributed by atoms with Crippen molar-refractivity contribution in [2.45, 2.75) is 37.6 Å². The van der Waals surface area contributed by atoms with Crippen molar-refractivity contribution in [2.24, 2.45) is 0 Å². The van der Waals surface area contributed by atoms with Gasteiger partial charge in [0.2, 0.25) is 11.8 Å². The van der Waals surface area contributed by atoms with Crippen molar-refractivity contribution in [2.75, 3.05) is 13.7 Å². The predicted octanol–water partition coefficient (Wildman–Crippen LogP) is 1.09. The molecule has 1 heterocycles. The second kappa shape index (κ2) is 7.90. The Balaban J connectivity index is 1.95. The topological polar surface area (TPSA) is 84.5 Å². The summed E-state index contributed by atoms with van der Waals surface area (Å²) in [6.45, 7) is -0.174. The van der Waals surface area contributed by atoms with Crippen LogP contribution in [0, 0.1) is 5.82 Å². The Labute approximate surface area is 139 Å². The van der Waals surface area contributed by atoms with E-state index in [9.17, 15) is 18.8 Å².